The van der Waals surface area contributed by atoms with E-state index in [0.717, 1.165) is 12.8 Å². The van der Waals surface area contributed by atoms with Crippen LogP contribution in [0.1, 0.15) is 127 Å². The molecule has 3 aliphatic heterocycles. The molecule has 3 aliphatic rings. The van der Waals surface area contributed by atoms with Crippen molar-refractivity contribution < 1.29 is 52.7 Å². The highest BCUT2D eigenvalue weighted by atomic mass is 16.5. The van der Waals surface area contributed by atoms with Crippen molar-refractivity contribution in [1.82, 2.24) is 50.7 Å². The van der Waals surface area contributed by atoms with E-state index in [2.05, 4.69) is 21.3 Å². The molecule has 0 aromatic carbocycles. The number of hydrogen-bond donors (Lipinski definition) is 4. The van der Waals surface area contributed by atoms with E-state index < -0.39 is 96.2 Å². The topological polar surface area (TPSA) is 247 Å². The van der Waals surface area contributed by atoms with Crippen LogP contribution in [0.4, 0.5) is 0 Å². The van der Waals surface area contributed by atoms with Crippen molar-refractivity contribution in [3.63, 3.8) is 0 Å². The molecule has 21 heteroatoms. The monoisotopic (exact) mass is 1030 g/mol. The average Bonchev–Trinajstić information content (AvgIpc) is 4.05. The molecule has 0 aromatic rings. The van der Waals surface area contributed by atoms with Gasteiger partial charge in [0.2, 0.25) is 53.2 Å². The highest BCUT2D eigenvalue weighted by Crippen LogP contribution is 2.26. The molecule has 0 saturated carbocycles. The first-order chi connectivity index (χ1) is 34.4. The molecule has 3 fully saturated rings. The molecule has 4 N–H and O–H groups in total. The summed E-state index contributed by atoms with van der Waals surface area (Å²) in [5.41, 5.74) is 0. The maximum absolute atomic E-state index is 14.5. The molecule has 9 amide bonds. The Morgan fingerprint density at radius 2 is 1.07 bits per heavy atom. The van der Waals surface area contributed by atoms with Crippen LogP contribution in [0.25, 0.3) is 0 Å². The second kappa shape index (κ2) is 29.6. The van der Waals surface area contributed by atoms with Gasteiger partial charge >= 0.3 is 0 Å². The van der Waals surface area contributed by atoms with E-state index in [9.17, 15) is 47.9 Å². The van der Waals surface area contributed by atoms with Gasteiger partial charge in [0, 0.05) is 53.5 Å². The lowest BCUT2D eigenvalue weighted by Crippen LogP contribution is -2.59. The van der Waals surface area contributed by atoms with Crippen LogP contribution in [0.3, 0.4) is 0 Å². The van der Waals surface area contributed by atoms with E-state index in [4.69, 9.17) is 4.74 Å². The minimum absolute atomic E-state index is 0.00388. The van der Waals surface area contributed by atoms with E-state index in [1.165, 1.54) is 45.5 Å². The smallest absolute Gasteiger partial charge is 0.245 e. The third-order valence-electron chi connectivity index (χ3n) is 14.3. The quantitative estimate of drug-likeness (QED) is 0.0848. The number of hydrogen-bond acceptors (Lipinski definition) is 12. The van der Waals surface area contributed by atoms with Crippen molar-refractivity contribution in [2.45, 2.75) is 175 Å². The molecule has 414 valence electrons. The number of likely N-dealkylation sites (N-methyl/N-ethyl adjacent to an activating group) is 4. The lowest BCUT2D eigenvalue weighted by atomic mass is 9.99. The molecule has 0 spiro atoms. The van der Waals surface area contributed by atoms with E-state index in [1.54, 1.807) is 32.7 Å². The Morgan fingerprint density at radius 1 is 0.616 bits per heavy atom. The van der Waals surface area contributed by atoms with E-state index >= 15 is 0 Å². The largest absolute Gasteiger partial charge is 0.381 e. The van der Waals surface area contributed by atoms with Gasteiger partial charge in [0.15, 0.2) is 0 Å². The molecule has 0 radical (unpaired) electrons. The SMILES string of the molecule is CCN(CC(=O)N[C@@H](CC(C)C)C(=O)N1CCC[C@@H]1C(=O)N(C)[C@@H](CC(C)C)C(=O)N[C@@H](C)C(=O)N(CC=O)CC1CCOCC1)C(=O)[C@H](C)NC(=O)[C@H](CC(C)C)N(C)C(=O)[C@H]1CCCN1C(=O)[C@H](C)NC. The summed E-state index contributed by atoms with van der Waals surface area (Å²) in [6.45, 7) is 19.7. The van der Waals surface area contributed by atoms with Crippen molar-refractivity contribution in [3.05, 3.63) is 0 Å². The number of ether oxygens (including phenoxy) is 1. The Labute approximate surface area is 434 Å². The molecule has 0 unspecified atom stereocenters. The van der Waals surface area contributed by atoms with E-state index in [1.807, 2.05) is 41.5 Å². The van der Waals surface area contributed by atoms with Gasteiger partial charge in [0.05, 0.1) is 19.1 Å². The fraction of sp³-hybridized carbons (Fsp3) is 0.808. The second-order valence-corrected chi connectivity index (χ2v) is 21.6. The fourth-order valence-corrected chi connectivity index (χ4v) is 10.0. The molecular weight excluding hydrogens is 941 g/mol. The lowest BCUT2D eigenvalue weighted by molar-refractivity contribution is -0.149. The minimum atomic E-state index is -1.09. The number of nitrogens with one attached hydrogen (secondary N) is 4. The predicted octanol–water partition coefficient (Wildman–Crippen LogP) is 1.17. The summed E-state index contributed by atoms with van der Waals surface area (Å²) < 4.78 is 5.44. The van der Waals surface area contributed by atoms with Gasteiger partial charge in [-0.2, -0.15) is 0 Å². The second-order valence-electron chi connectivity index (χ2n) is 21.6. The Morgan fingerprint density at radius 3 is 1.49 bits per heavy atom. The summed E-state index contributed by atoms with van der Waals surface area (Å²) in [7, 11) is 4.73. The number of nitrogens with zero attached hydrogens (tertiary/aromatic N) is 6. The first-order valence-electron chi connectivity index (χ1n) is 26.7. The van der Waals surface area contributed by atoms with Gasteiger partial charge in [0.25, 0.3) is 0 Å². The van der Waals surface area contributed by atoms with Gasteiger partial charge in [-0.05, 0) is 116 Å². The normalized spacial score (nSPS) is 19.6. The number of amides is 9. The van der Waals surface area contributed by atoms with Gasteiger partial charge < -0.3 is 60.2 Å². The van der Waals surface area contributed by atoms with Gasteiger partial charge in [-0.3, -0.25) is 43.2 Å². The molecule has 8 atom stereocenters. The number of rotatable bonds is 27. The number of aldehydes is 1. The maximum Gasteiger partial charge on any atom is 0.245 e. The van der Waals surface area contributed by atoms with Crippen LogP contribution in [0.5, 0.6) is 0 Å². The highest BCUT2D eigenvalue weighted by Gasteiger charge is 2.43. The molecule has 21 nitrogen and oxygen atoms in total. The third kappa shape index (κ3) is 17.7. The third-order valence-corrected chi connectivity index (χ3v) is 14.3. The van der Waals surface area contributed by atoms with Gasteiger partial charge in [-0.15, -0.1) is 0 Å². The van der Waals surface area contributed by atoms with E-state index in [-0.39, 0.29) is 68.0 Å². The summed E-state index contributed by atoms with van der Waals surface area (Å²) in [4.78, 5) is 145. The minimum Gasteiger partial charge on any atom is -0.381 e. The summed E-state index contributed by atoms with van der Waals surface area (Å²) >= 11 is 0. The van der Waals surface area contributed by atoms with Crippen LogP contribution in [-0.2, 0) is 52.7 Å². The van der Waals surface area contributed by atoms with Crippen molar-refractivity contribution in [3.8, 4) is 0 Å². The summed E-state index contributed by atoms with van der Waals surface area (Å²) in [5, 5.41) is 11.3. The Balaban J connectivity index is 1.71. The van der Waals surface area contributed by atoms with Crippen LogP contribution < -0.4 is 21.3 Å². The molecule has 3 saturated heterocycles. The van der Waals surface area contributed by atoms with Crippen molar-refractivity contribution in [1.29, 1.82) is 0 Å². The maximum atomic E-state index is 14.5. The molecule has 3 rings (SSSR count). The van der Waals surface area contributed by atoms with Crippen molar-refractivity contribution in [2.75, 3.05) is 73.6 Å². The van der Waals surface area contributed by atoms with Crippen LogP contribution in [-0.4, -0.2) is 211 Å². The molecule has 73 heavy (non-hydrogen) atoms. The van der Waals surface area contributed by atoms with Crippen LogP contribution in [0.15, 0.2) is 0 Å². The number of carbonyl (C=O) groups excluding carboxylic acids is 10. The zero-order chi connectivity index (χ0) is 54.9. The zero-order valence-electron chi connectivity index (χ0n) is 46.2. The lowest BCUT2D eigenvalue weighted by Gasteiger charge is -2.35. The van der Waals surface area contributed by atoms with Crippen LogP contribution >= 0.6 is 0 Å². The molecular formula is C52H90N10O11. The Hall–Kier alpha value is -5.18. The Bertz CT molecular complexity index is 1910. The molecule has 0 aromatic heterocycles. The van der Waals surface area contributed by atoms with Crippen LogP contribution in [0.2, 0.25) is 0 Å². The van der Waals surface area contributed by atoms with Crippen molar-refractivity contribution in [2.24, 2.45) is 23.7 Å². The molecule has 0 aliphatic carbocycles. The first-order valence-corrected chi connectivity index (χ1v) is 26.7. The number of likely N-dealkylation sites (tertiary alicyclic amines) is 2. The van der Waals surface area contributed by atoms with E-state index in [0.29, 0.717) is 64.7 Å². The van der Waals surface area contributed by atoms with Gasteiger partial charge in [-0.25, -0.2) is 0 Å². The predicted molar refractivity (Wildman–Crippen MR) is 275 cm³/mol. The Kier molecular flexibility index (Phi) is 25.2. The summed E-state index contributed by atoms with van der Waals surface area (Å²) in [6, 6.07) is -7.19. The highest BCUT2D eigenvalue weighted by molar-refractivity contribution is 5.98. The fourth-order valence-electron chi connectivity index (χ4n) is 10.0. The first kappa shape index (κ1) is 62.1. The van der Waals surface area contributed by atoms with Crippen LogP contribution in [0, 0.1) is 23.7 Å². The number of carbonyl (C=O) groups is 10. The zero-order valence-corrected chi connectivity index (χ0v) is 46.2. The van der Waals surface area contributed by atoms with Gasteiger partial charge in [0.1, 0.15) is 48.6 Å². The molecule has 3 heterocycles. The summed E-state index contributed by atoms with van der Waals surface area (Å²) in [6.07, 6.45) is 4.92. The standard InChI is InChI=1S/C52H90N10O11/c1-14-59(47(67)36(9)54-45(65)42(28-33(4)5)57(12)51(71)40-17-15-21-61(40)49(69)35(8)53-11)31-44(64)56-39(27-32(2)3)50(70)62-22-16-18-41(62)52(72)58(13)43(29-34(6)7)46(66)55-37(10)48(68)60(23-24-63)30-38-19-25-73-26-20-38/h24,32-43,53H,14-23,25-31H2,1-13H3,(H,54,65)(H,55,66)(H,56,64)/t35-,36-,37-,39-,40+,41+,42-,43-/m0/s1. The van der Waals surface area contributed by atoms with Gasteiger partial charge in [-0.1, -0.05) is 41.5 Å². The molecule has 0 bridgehead atoms. The van der Waals surface area contributed by atoms with Crippen molar-refractivity contribution >= 4 is 59.5 Å². The average molecular weight is 1030 g/mol. The summed E-state index contributed by atoms with van der Waals surface area (Å²) in [5.74, 6) is -4.08.